The fourth-order valence-corrected chi connectivity index (χ4v) is 3.56. The number of nitrogens with zero attached hydrogens (tertiary/aromatic N) is 1. The lowest BCUT2D eigenvalue weighted by molar-refractivity contribution is -0.130. The topological polar surface area (TPSA) is 46.3 Å². The lowest BCUT2D eigenvalue weighted by atomic mass is 9.95. The third-order valence-electron chi connectivity index (χ3n) is 5.22. The van der Waals surface area contributed by atoms with E-state index in [1.54, 1.807) is 0 Å². The molecular formula is C22H29ClN2O. The number of amides is 1. The Hall–Kier alpha value is -1.84. The molecule has 4 heteroatoms. The molecule has 0 spiro atoms. The van der Waals surface area contributed by atoms with Gasteiger partial charge in [0.2, 0.25) is 5.91 Å². The highest BCUT2D eigenvalue weighted by Gasteiger charge is 2.33. The molecule has 1 aliphatic rings. The van der Waals surface area contributed by atoms with Gasteiger partial charge in [-0.2, -0.15) is 0 Å². The number of carbonyl (C=O) groups excluding carboxylic acids is 1. The fraction of sp³-hybridized carbons (Fsp3) is 0.409. The first-order chi connectivity index (χ1) is 12.0. The summed E-state index contributed by atoms with van der Waals surface area (Å²) < 4.78 is 0. The van der Waals surface area contributed by atoms with Gasteiger partial charge in [0, 0.05) is 31.5 Å². The summed E-state index contributed by atoms with van der Waals surface area (Å²) in [5, 5.41) is 0. The Morgan fingerprint density at radius 1 is 1.08 bits per heavy atom. The van der Waals surface area contributed by atoms with Crippen molar-refractivity contribution >= 4 is 18.3 Å². The molecule has 0 saturated carbocycles. The van der Waals surface area contributed by atoms with E-state index in [2.05, 4.69) is 50.2 Å². The lowest BCUT2D eigenvalue weighted by Gasteiger charge is -2.16. The first kappa shape index (κ1) is 20.5. The molecule has 1 amide bonds. The number of aryl methyl sites for hydroxylation is 1. The Morgan fingerprint density at radius 2 is 1.73 bits per heavy atom. The van der Waals surface area contributed by atoms with E-state index in [4.69, 9.17) is 5.73 Å². The summed E-state index contributed by atoms with van der Waals surface area (Å²) in [5.41, 5.74) is 10.1. The van der Waals surface area contributed by atoms with Crippen molar-refractivity contribution < 1.29 is 4.79 Å². The van der Waals surface area contributed by atoms with Crippen molar-refractivity contribution in [1.82, 2.24) is 4.90 Å². The Balaban J connectivity index is 0.00000243. The van der Waals surface area contributed by atoms with Gasteiger partial charge in [-0.05, 0) is 29.0 Å². The van der Waals surface area contributed by atoms with Crippen LogP contribution in [0.5, 0.6) is 0 Å². The smallest absolute Gasteiger partial charge is 0.222 e. The third kappa shape index (κ3) is 4.87. The van der Waals surface area contributed by atoms with E-state index < -0.39 is 0 Å². The molecule has 140 valence electrons. The molecule has 0 aliphatic carbocycles. The quantitative estimate of drug-likeness (QED) is 0.858. The van der Waals surface area contributed by atoms with E-state index in [1.807, 2.05) is 23.1 Å². The number of hydrogen-bond donors (Lipinski definition) is 1. The van der Waals surface area contributed by atoms with Crippen LogP contribution in [0.15, 0.2) is 54.6 Å². The zero-order valence-corrected chi connectivity index (χ0v) is 16.4. The standard InChI is InChI=1S/C22H28N2O.ClH/c1-16(2)18-11-8-17(9-12-18)10-13-22(25)24-14-20(21(23)15-24)19-6-4-3-5-7-19;/h3-9,11-12,16,20-21H,10,13-15,23H2,1-2H3;1H/t20-,21+;/m0./s1. The summed E-state index contributed by atoms with van der Waals surface area (Å²) >= 11 is 0. The van der Waals surface area contributed by atoms with Crippen LogP contribution in [0.4, 0.5) is 0 Å². The Kier molecular flexibility index (Phi) is 7.24. The van der Waals surface area contributed by atoms with Crippen LogP contribution in [-0.4, -0.2) is 29.9 Å². The van der Waals surface area contributed by atoms with Crippen LogP contribution in [0.2, 0.25) is 0 Å². The molecule has 1 aliphatic heterocycles. The van der Waals surface area contributed by atoms with Gasteiger partial charge in [-0.25, -0.2) is 0 Å². The van der Waals surface area contributed by atoms with E-state index in [0.717, 1.165) is 13.0 Å². The molecule has 3 nitrogen and oxygen atoms in total. The van der Waals surface area contributed by atoms with Crippen molar-refractivity contribution in [2.75, 3.05) is 13.1 Å². The minimum atomic E-state index is 0. The molecule has 1 heterocycles. The maximum absolute atomic E-state index is 12.6. The van der Waals surface area contributed by atoms with Crippen molar-refractivity contribution in [3.63, 3.8) is 0 Å². The second kappa shape index (κ2) is 9.20. The van der Waals surface area contributed by atoms with Gasteiger partial charge < -0.3 is 10.6 Å². The van der Waals surface area contributed by atoms with Crippen molar-refractivity contribution in [2.24, 2.45) is 5.73 Å². The minimum absolute atomic E-state index is 0. The van der Waals surface area contributed by atoms with Crippen LogP contribution in [0.1, 0.15) is 48.8 Å². The largest absolute Gasteiger partial charge is 0.340 e. The van der Waals surface area contributed by atoms with Gasteiger partial charge in [-0.15, -0.1) is 12.4 Å². The first-order valence-electron chi connectivity index (χ1n) is 9.21. The predicted octanol–water partition coefficient (Wildman–Crippen LogP) is 4.12. The third-order valence-corrected chi connectivity index (χ3v) is 5.22. The van der Waals surface area contributed by atoms with Gasteiger partial charge in [0.25, 0.3) is 0 Å². The molecule has 26 heavy (non-hydrogen) atoms. The first-order valence-corrected chi connectivity index (χ1v) is 9.21. The van der Waals surface area contributed by atoms with Gasteiger partial charge in [0.15, 0.2) is 0 Å². The predicted molar refractivity (Wildman–Crippen MR) is 110 cm³/mol. The van der Waals surface area contributed by atoms with Crippen LogP contribution in [0, 0.1) is 0 Å². The van der Waals surface area contributed by atoms with E-state index in [-0.39, 0.29) is 30.3 Å². The van der Waals surface area contributed by atoms with Crippen molar-refractivity contribution in [1.29, 1.82) is 0 Å². The molecule has 2 aromatic rings. The molecular weight excluding hydrogens is 344 g/mol. The van der Waals surface area contributed by atoms with E-state index in [1.165, 1.54) is 16.7 Å². The number of hydrogen-bond acceptors (Lipinski definition) is 2. The van der Waals surface area contributed by atoms with Crippen LogP contribution >= 0.6 is 12.4 Å². The summed E-state index contributed by atoms with van der Waals surface area (Å²) in [5.74, 6) is 0.994. The molecule has 0 bridgehead atoms. The molecule has 0 radical (unpaired) electrons. The summed E-state index contributed by atoms with van der Waals surface area (Å²) in [4.78, 5) is 14.5. The lowest BCUT2D eigenvalue weighted by Crippen LogP contribution is -2.32. The number of carbonyl (C=O) groups is 1. The Bertz CT molecular complexity index is 700. The van der Waals surface area contributed by atoms with E-state index in [0.29, 0.717) is 18.9 Å². The second-order valence-corrected chi connectivity index (χ2v) is 7.38. The number of benzene rings is 2. The molecule has 1 saturated heterocycles. The minimum Gasteiger partial charge on any atom is -0.340 e. The molecule has 2 aromatic carbocycles. The van der Waals surface area contributed by atoms with Gasteiger partial charge in [-0.1, -0.05) is 68.4 Å². The van der Waals surface area contributed by atoms with Crippen LogP contribution in [0.25, 0.3) is 0 Å². The molecule has 1 fully saturated rings. The maximum Gasteiger partial charge on any atom is 0.222 e. The van der Waals surface area contributed by atoms with Crippen LogP contribution in [-0.2, 0) is 11.2 Å². The normalized spacial score (nSPS) is 19.5. The number of rotatable bonds is 5. The Labute approximate surface area is 163 Å². The van der Waals surface area contributed by atoms with E-state index in [9.17, 15) is 4.79 Å². The Morgan fingerprint density at radius 3 is 2.35 bits per heavy atom. The highest BCUT2D eigenvalue weighted by atomic mass is 35.5. The van der Waals surface area contributed by atoms with Crippen molar-refractivity contribution in [3.05, 3.63) is 71.3 Å². The van der Waals surface area contributed by atoms with Gasteiger partial charge in [-0.3, -0.25) is 4.79 Å². The highest BCUT2D eigenvalue weighted by Crippen LogP contribution is 2.27. The molecule has 0 unspecified atom stereocenters. The summed E-state index contributed by atoms with van der Waals surface area (Å²) in [6, 6.07) is 18.9. The maximum atomic E-state index is 12.6. The summed E-state index contributed by atoms with van der Waals surface area (Å²) in [6.45, 7) is 5.78. The fourth-order valence-electron chi connectivity index (χ4n) is 3.56. The van der Waals surface area contributed by atoms with E-state index >= 15 is 0 Å². The van der Waals surface area contributed by atoms with Crippen molar-refractivity contribution in [3.8, 4) is 0 Å². The number of halogens is 1. The number of nitrogens with two attached hydrogens (primary N) is 1. The summed E-state index contributed by atoms with van der Waals surface area (Å²) in [6.07, 6.45) is 1.34. The molecule has 0 aromatic heterocycles. The highest BCUT2D eigenvalue weighted by molar-refractivity contribution is 5.85. The average molecular weight is 373 g/mol. The molecule has 2 N–H and O–H groups in total. The average Bonchev–Trinajstić information content (AvgIpc) is 3.02. The van der Waals surface area contributed by atoms with Crippen LogP contribution in [0.3, 0.4) is 0 Å². The molecule has 3 rings (SSSR count). The zero-order chi connectivity index (χ0) is 17.8. The zero-order valence-electron chi connectivity index (χ0n) is 15.6. The monoisotopic (exact) mass is 372 g/mol. The second-order valence-electron chi connectivity index (χ2n) is 7.38. The van der Waals surface area contributed by atoms with Crippen molar-refractivity contribution in [2.45, 2.75) is 44.6 Å². The summed E-state index contributed by atoms with van der Waals surface area (Å²) in [7, 11) is 0. The van der Waals surface area contributed by atoms with Gasteiger partial charge in [0.05, 0.1) is 0 Å². The van der Waals surface area contributed by atoms with Crippen LogP contribution < -0.4 is 5.73 Å². The van der Waals surface area contributed by atoms with Gasteiger partial charge >= 0.3 is 0 Å². The SMILES string of the molecule is CC(C)c1ccc(CCC(=O)N2C[C@@H](N)[C@H](c3ccccc3)C2)cc1.Cl. The number of likely N-dealkylation sites (tertiary alicyclic amines) is 1. The van der Waals surface area contributed by atoms with Gasteiger partial charge in [0.1, 0.15) is 0 Å². The molecule has 2 atom stereocenters.